The maximum Gasteiger partial charge on any atom is 0.253 e. The highest BCUT2D eigenvalue weighted by molar-refractivity contribution is 5.94. The fraction of sp³-hybridized carbons (Fsp3) is 0.579. The van der Waals surface area contributed by atoms with E-state index >= 15 is 0 Å². The molecule has 2 aliphatic rings. The summed E-state index contributed by atoms with van der Waals surface area (Å²) < 4.78 is 11.2. The third-order valence-electron chi connectivity index (χ3n) is 5.20. The van der Waals surface area contributed by atoms with Crippen LogP contribution in [0.25, 0.3) is 0 Å². The summed E-state index contributed by atoms with van der Waals surface area (Å²) in [5.74, 6) is 0.659. The van der Waals surface area contributed by atoms with Crippen molar-refractivity contribution in [2.24, 2.45) is 17.6 Å². The molecule has 136 valence electrons. The lowest BCUT2D eigenvalue weighted by Gasteiger charge is -2.35. The molecule has 2 saturated heterocycles. The number of likely N-dealkylation sites (tertiary alicyclic amines) is 1. The van der Waals surface area contributed by atoms with Gasteiger partial charge in [-0.3, -0.25) is 9.59 Å². The number of nitrogens with two attached hydrogens (primary N) is 1. The molecule has 6 heteroatoms. The molecule has 0 unspecified atom stereocenters. The van der Waals surface area contributed by atoms with Crippen LogP contribution in [0.2, 0.25) is 0 Å². The molecule has 0 saturated carbocycles. The molecular weight excluding hydrogens is 320 g/mol. The number of rotatable bonds is 5. The van der Waals surface area contributed by atoms with E-state index < -0.39 is 0 Å². The zero-order valence-corrected chi connectivity index (χ0v) is 14.6. The zero-order valence-electron chi connectivity index (χ0n) is 14.6. The van der Waals surface area contributed by atoms with Crippen molar-refractivity contribution in [3.63, 3.8) is 0 Å². The Kier molecular flexibility index (Phi) is 5.58. The van der Waals surface area contributed by atoms with Crippen LogP contribution in [0.3, 0.4) is 0 Å². The summed E-state index contributed by atoms with van der Waals surface area (Å²) in [5, 5.41) is 0. The molecule has 0 spiro atoms. The second kappa shape index (κ2) is 7.87. The minimum Gasteiger partial charge on any atom is -0.494 e. The SMILES string of the molecule is CCOc1ccc(C(=O)N2CCC([C@H]3OCC[C@@H]3C(N)=O)CC2)cc1. The molecule has 0 aromatic heterocycles. The average molecular weight is 346 g/mol. The van der Waals surface area contributed by atoms with Gasteiger partial charge in [0.05, 0.1) is 18.6 Å². The van der Waals surface area contributed by atoms with Gasteiger partial charge in [0.1, 0.15) is 5.75 Å². The summed E-state index contributed by atoms with van der Waals surface area (Å²) in [7, 11) is 0. The lowest BCUT2D eigenvalue weighted by atomic mass is 9.84. The van der Waals surface area contributed by atoms with Crippen LogP contribution in [0.4, 0.5) is 0 Å². The van der Waals surface area contributed by atoms with Crippen molar-refractivity contribution < 1.29 is 19.1 Å². The molecule has 1 aromatic carbocycles. The minimum atomic E-state index is -0.268. The maximum absolute atomic E-state index is 12.6. The predicted molar refractivity (Wildman–Crippen MR) is 93.3 cm³/mol. The molecule has 2 amide bonds. The topological polar surface area (TPSA) is 81.9 Å². The average Bonchev–Trinajstić information content (AvgIpc) is 3.12. The molecule has 2 N–H and O–H groups in total. The molecule has 0 radical (unpaired) electrons. The Bertz CT molecular complexity index is 608. The summed E-state index contributed by atoms with van der Waals surface area (Å²) in [5.41, 5.74) is 6.16. The summed E-state index contributed by atoms with van der Waals surface area (Å²) in [6, 6.07) is 7.27. The molecule has 3 rings (SSSR count). The van der Waals surface area contributed by atoms with Crippen molar-refractivity contribution in [1.29, 1.82) is 0 Å². The zero-order chi connectivity index (χ0) is 17.8. The summed E-state index contributed by atoms with van der Waals surface area (Å²) in [4.78, 5) is 26.1. The molecule has 2 fully saturated rings. The van der Waals surface area contributed by atoms with E-state index in [0.717, 1.165) is 18.6 Å². The fourth-order valence-electron chi connectivity index (χ4n) is 3.85. The highest BCUT2D eigenvalue weighted by Crippen LogP contribution is 2.33. The Hall–Kier alpha value is -2.08. The monoisotopic (exact) mass is 346 g/mol. The molecule has 0 bridgehead atoms. The van der Waals surface area contributed by atoms with Gasteiger partial charge in [-0.1, -0.05) is 0 Å². The van der Waals surface area contributed by atoms with Gasteiger partial charge in [-0.15, -0.1) is 0 Å². The predicted octanol–water partition coefficient (Wildman–Crippen LogP) is 1.83. The number of piperidine rings is 1. The number of nitrogens with zero attached hydrogens (tertiary/aromatic N) is 1. The number of ether oxygens (including phenoxy) is 2. The highest BCUT2D eigenvalue weighted by Gasteiger charge is 2.39. The van der Waals surface area contributed by atoms with Gasteiger partial charge >= 0.3 is 0 Å². The first-order valence-electron chi connectivity index (χ1n) is 9.03. The first-order chi connectivity index (χ1) is 12.1. The van der Waals surface area contributed by atoms with Crippen molar-refractivity contribution >= 4 is 11.8 Å². The van der Waals surface area contributed by atoms with Crippen LogP contribution < -0.4 is 10.5 Å². The van der Waals surface area contributed by atoms with Gasteiger partial charge in [0, 0.05) is 25.3 Å². The van der Waals surface area contributed by atoms with Gasteiger partial charge in [-0.2, -0.15) is 0 Å². The Morgan fingerprint density at radius 1 is 1.20 bits per heavy atom. The van der Waals surface area contributed by atoms with Crippen molar-refractivity contribution in [3.8, 4) is 5.75 Å². The van der Waals surface area contributed by atoms with E-state index in [1.165, 1.54) is 0 Å². The van der Waals surface area contributed by atoms with E-state index in [1.54, 1.807) is 0 Å². The maximum atomic E-state index is 12.6. The van der Waals surface area contributed by atoms with E-state index in [2.05, 4.69) is 0 Å². The van der Waals surface area contributed by atoms with Crippen LogP contribution >= 0.6 is 0 Å². The minimum absolute atomic E-state index is 0.0419. The van der Waals surface area contributed by atoms with Gasteiger partial charge < -0.3 is 20.1 Å². The molecule has 2 aliphatic heterocycles. The van der Waals surface area contributed by atoms with Crippen LogP contribution in [-0.2, 0) is 9.53 Å². The second-order valence-electron chi connectivity index (χ2n) is 6.72. The number of hydrogen-bond donors (Lipinski definition) is 1. The van der Waals surface area contributed by atoms with Gasteiger partial charge in [0.2, 0.25) is 5.91 Å². The fourth-order valence-corrected chi connectivity index (χ4v) is 3.85. The molecule has 2 atom stereocenters. The van der Waals surface area contributed by atoms with Crippen molar-refractivity contribution in [1.82, 2.24) is 4.90 Å². The molecule has 2 heterocycles. The molecule has 1 aromatic rings. The molecule has 6 nitrogen and oxygen atoms in total. The summed E-state index contributed by atoms with van der Waals surface area (Å²) in [6.45, 7) is 4.50. The standard InChI is InChI=1S/C19H26N2O4/c1-2-24-15-5-3-14(4-6-15)19(23)21-10-7-13(8-11-21)17-16(18(20)22)9-12-25-17/h3-6,13,16-17H,2,7-12H2,1H3,(H2,20,22)/t16-,17+/m0/s1. The van der Waals surface area contributed by atoms with Crippen LogP contribution in [0.15, 0.2) is 24.3 Å². The van der Waals surface area contributed by atoms with Gasteiger partial charge in [-0.05, 0) is 56.4 Å². The Labute approximate surface area is 148 Å². The van der Waals surface area contributed by atoms with Gasteiger partial charge in [-0.25, -0.2) is 0 Å². The Morgan fingerprint density at radius 3 is 2.48 bits per heavy atom. The van der Waals surface area contributed by atoms with E-state index in [9.17, 15) is 9.59 Å². The first-order valence-corrected chi connectivity index (χ1v) is 9.03. The summed E-state index contributed by atoms with van der Waals surface area (Å²) in [6.07, 6.45) is 2.32. The van der Waals surface area contributed by atoms with Crippen molar-refractivity contribution in [2.75, 3.05) is 26.3 Å². The third kappa shape index (κ3) is 3.95. The van der Waals surface area contributed by atoms with Gasteiger partial charge in [0.25, 0.3) is 5.91 Å². The first kappa shape index (κ1) is 17.7. The quantitative estimate of drug-likeness (QED) is 0.882. The van der Waals surface area contributed by atoms with Gasteiger partial charge in [0.15, 0.2) is 0 Å². The number of carbonyl (C=O) groups is 2. The molecule has 25 heavy (non-hydrogen) atoms. The van der Waals surface area contributed by atoms with E-state index in [-0.39, 0.29) is 23.8 Å². The molecular formula is C19H26N2O4. The number of hydrogen-bond acceptors (Lipinski definition) is 4. The smallest absolute Gasteiger partial charge is 0.253 e. The second-order valence-corrected chi connectivity index (χ2v) is 6.72. The van der Waals surface area contributed by atoms with E-state index in [1.807, 2.05) is 36.1 Å². The third-order valence-corrected chi connectivity index (χ3v) is 5.20. The lowest BCUT2D eigenvalue weighted by molar-refractivity contribution is -0.124. The van der Waals surface area contributed by atoms with Crippen LogP contribution in [0, 0.1) is 11.8 Å². The summed E-state index contributed by atoms with van der Waals surface area (Å²) >= 11 is 0. The van der Waals surface area contributed by atoms with Crippen LogP contribution in [0.5, 0.6) is 5.75 Å². The molecule has 0 aliphatic carbocycles. The Morgan fingerprint density at radius 2 is 1.88 bits per heavy atom. The number of benzene rings is 1. The largest absolute Gasteiger partial charge is 0.494 e. The number of carbonyl (C=O) groups excluding carboxylic acids is 2. The van der Waals surface area contributed by atoms with Crippen molar-refractivity contribution in [2.45, 2.75) is 32.3 Å². The van der Waals surface area contributed by atoms with Crippen LogP contribution in [0.1, 0.15) is 36.5 Å². The number of primary amides is 1. The van der Waals surface area contributed by atoms with E-state index in [0.29, 0.717) is 44.2 Å². The highest BCUT2D eigenvalue weighted by atomic mass is 16.5. The number of amides is 2. The van der Waals surface area contributed by atoms with E-state index in [4.69, 9.17) is 15.2 Å². The van der Waals surface area contributed by atoms with Crippen molar-refractivity contribution in [3.05, 3.63) is 29.8 Å². The normalized spacial score (nSPS) is 24.3. The Balaban J connectivity index is 1.56. The van der Waals surface area contributed by atoms with Crippen LogP contribution in [-0.4, -0.2) is 49.1 Å². The lowest BCUT2D eigenvalue weighted by Crippen LogP contribution is -2.44.